The first-order chi connectivity index (χ1) is 9.60. The number of hydrogen-bond acceptors (Lipinski definition) is 3. The van der Waals surface area contributed by atoms with Gasteiger partial charge in [-0.3, -0.25) is 4.79 Å². The normalized spacial score (nSPS) is 14.6. The molecule has 1 aliphatic heterocycles. The van der Waals surface area contributed by atoms with Crippen LogP contribution in [-0.2, 0) is 17.8 Å². The zero-order valence-corrected chi connectivity index (χ0v) is 13.5. The molecule has 1 atom stereocenters. The molecule has 1 aromatic rings. The molecule has 5 heteroatoms. The molecule has 1 unspecified atom stereocenters. The van der Waals surface area contributed by atoms with Crippen molar-refractivity contribution in [2.24, 2.45) is 0 Å². The van der Waals surface area contributed by atoms with Gasteiger partial charge in [0.15, 0.2) is 0 Å². The van der Waals surface area contributed by atoms with E-state index >= 15 is 0 Å². The van der Waals surface area contributed by atoms with E-state index in [0.717, 1.165) is 35.4 Å². The van der Waals surface area contributed by atoms with Gasteiger partial charge in [-0.15, -0.1) is 0 Å². The molecule has 0 saturated heterocycles. The van der Waals surface area contributed by atoms with Crippen molar-refractivity contribution in [2.45, 2.75) is 39.3 Å². The number of hydrogen-bond donors (Lipinski definition) is 2. The van der Waals surface area contributed by atoms with Crippen LogP contribution in [0.25, 0.3) is 0 Å². The Hall–Kier alpha value is -1.07. The van der Waals surface area contributed by atoms with Crippen molar-refractivity contribution in [2.75, 3.05) is 13.2 Å². The molecule has 20 heavy (non-hydrogen) atoms. The van der Waals surface area contributed by atoms with Gasteiger partial charge in [0.25, 0.3) is 0 Å². The van der Waals surface area contributed by atoms with Gasteiger partial charge >= 0.3 is 0 Å². The van der Waals surface area contributed by atoms with E-state index in [1.165, 1.54) is 5.56 Å². The minimum Gasteiger partial charge on any atom is -0.493 e. The highest BCUT2D eigenvalue weighted by molar-refractivity contribution is 9.10. The van der Waals surface area contributed by atoms with Crippen LogP contribution in [0.15, 0.2) is 16.6 Å². The largest absolute Gasteiger partial charge is 0.493 e. The standard InChI is InChI=1S/C15H21BrN2O2/c1-3-17-10(2)6-14(19)18-9-12-8-13(16)7-11-4-5-20-15(11)12/h7-8,10,17H,3-6,9H2,1-2H3,(H,18,19). The maximum atomic E-state index is 11.9. The lowest BCUT2D eigenvalue weighted by Crippen LogP contribution is -2.33. The Bertz CT molecular complexity index is 491. The van der Waals surface area contributed by atoms with Crippen LogP contribution in [0.5, 0.6) is 5.75 Å². The second kappa shape index (κ2) is 7.09. The van der Waals surface area contributed by atoms with Gasteiger partial charge in [0.05, 0.1) is 6.61 Å². The van der Waals surface area contributed by atoms with Gasteiger partial charge in [-0.05, 0) is 31.2 Å². The molecule has 4 nitrogen and oxygen atoms in total. The monoisotopic (exact) mass is 340 g/mol. The summed E-state index contributed by atoms with van der Waals surface area (Å²) in [5.41, 5.74) is 2.25. The number of rotatable bonds is 6. The molecule has 1 aromatic carbocycles. The van der Waals surface area contributed by atoms with Crippen molar-refractivity contribution in [3.05, 3.63) is 27.7 Å². The third-order valence-electron chi connectivity index (χ3n) is 3.35. The summed E-state index contributed by atoms with van der Waals surface area (Å²) < 4.78 is 6.69. The molecular weight excluding hydrogens is 320 g/mol. The minimum absolute atomic E-state index is 0.0603. The number of halogens is 1. The zero-order valence-electron chi connectivity index (χ0n) is 12.0. The number of amides is 1. The van der Waals surface area contributed by atoms with Gasteiger partial charge < -0.3 is 15.4 Å². The van der Waals surface area contributed by atoms with Gasteiger partial charge in [0.1, 0.15) is 5.75 Å². The minimum atomic E-state index is 0.0603. The highest BCUT2D eigenvalue weighted by Gasteiger charge is 2.18. The number of nitrogens with one attached hydrogen (secondary N) is 2. The second-order valence-corrected chi connectivity index (χ2v) is 6.01. The molecule has 2 rings (SSSR count). The number of ether oxygens (including phenoxy) is 1. The Morgan fingerprint density at radius 1 is 1.50 bits per heavy atom. The molecule has 1 aliphatic rings. The molecule has 2 N–H and O–H groups in total. The van der Waals surface area contributed by atoms with Gasteiger partial charge in [-0.1, -0.05) is 22.9 Å². The van der Waals surface area contributed by atoms with Crippen molar-refractivity contribution in [3.63, 3.8) is 0 Å². The van der Waals surface area contributed by atoms with Gasteiger partial charge in [-0.25, -0.2) is 0 Å². The summed E-state index contributed by atoms with van der Waals surface area (Å²) in [5, 5.41) is 6.20. The highest BCUT2D eigenvalue weighted by Crippen LogP contribution is 2.32. The van der Waals surface area contributed by atoms with Crippen molar-refractivity contribution >= 4 is 21.8 Å². The molecule has 0 radical (unpaired) electrons. The van der Waals surface area contributed by atoms with Crippen molar-refractivity contribution in [1.82, 2.24) is 10.6 Å². The quantitative estimate of drug-likeness (QED) is 0.835. The lowest BCUT2D eigenvalue weighted by molar-refractivity contribution is -0.121. The Morgan fingerprint density at radius 2 is 2.30 bits per heavy atom. The number of benzene rings is 1. The number of carbonyl (C=O) groups excluding carboxylic acids is 1. The van der Waals surface area contributed by atoms with Gasteiger partial charge in [0, 0.05) is 35.5 Å². The molecule has 0 spiro atoms. The second-order valence-electron chi connectivity index (χ2n) is 5.09. The van der Waals surface area contributed by atoms with Crippen LogP contribution >= 0.6 is 15.9 Å². The molecule has 0 saturated carbocycles. The van der Waals surface area contributed by atoms with Crippen LogP contribution in [0.4, 0.5) is 0 Å². The molecule has 110 valence electrons. The fourth-order valence-corrected chi connectivity index (χ4v) is 2.99. The molecular formula is C15H21BrN2O2. The summed E-state index contributed by atoms with van der Waals surface area (Å²) in [4.78, 5) is 11.9. The average Bonchev–Trinajstić information content (AvgIpc) is 2.84. The molecule has 0 aliphatic carbocycles. The van der Waals surface area contributed by atoms with Crippen LogP contribution in [-0.4, -0.2) is 25.1 Å². The SMILES string of the molecule is CCNC(C)CC(=O)NCc1cc(Br)cc2c1OCC2. The Morgan fingerprint density at radius 3 is 3.05 bits per heavy atom. The zero-order chi connectivity index (χ0) is 14.5. The molecule has 1 amide bonds. The molecule has 0 bridgehead atoms. The number of carbonyl (C=O) groups is 1. The highest BCUT2D eigenvalue weighted by atomic mass is 79.9. The smallest absolute Gasteiger partial charge is 0.221 e. The van der Waals surface area contributed by atoms with Crippen LogP contribution in [0.3, 0.4) is 0 Å². The Kier molecular flexibility index (Phi) is 5.43. The lowest BCUT2D eigenvalue weighted by Gasteiger charge is -2.13. The third kappa shape index (κ3) is 3.96. The van der Waals surface area contributed by atoms with E-state index in [0.29, 0.717) is 13.0 Å². The summed E-state index contributed by atoms with van der Waals surface area (Å²) >= 11 is 3.51. The number of fused-ring (bicyclic) bond motifs is 1. The first-order valence-electron chi connectivity index (χ1n) is 7.04. The first kappa shape index (κ1) is 15.3. The van der Waals surface area contributed by atoms with Gasteiger partial charge in [-0.2, -0.15) is 0 Å². The fourth-order valence-electron chi connectivity index (χ4n) is 2.44. The maximum Gasteiger partial charge on any atom is 0.221 e. The van der Waals surface area contributed by atoms with Crippen molar-refractivity contribution in [1.29, 1.82) is 0 Å². The van der Waals surface area contributed by atoms with E-state index < -0.39 is 0 Å². The Balaban J connectivity index is 1.93. The van der Waals surface area contributed by atoms with Crippen LogP contribution < -0.4 is 15.4 Å². The van der Waals surface area contributed by atoms with E-state index in [1.54, 1.807) is 0 Å². The van der Waals surface area contributed by atoms with Crippen LogP contribution in [0, 0.1) is 0 Å². The topological polar surface area (TPSA) is 50.4 Å². The van der Waals surface area contributed by atoms with E-state index in [9.17, 15) is 4.79 Å². The van der Waals surface area contributed by atoms with E-state index in [2.05, 4.69) is 32.6 Å². The maximum absolute atomic E-state index is 11.9. The van der Waals surface area contributed by atoms with E-state index in [4.69, 9.17) is 4.74 Å². The van der Waals surface area contributed by atoms with Crippen molar-refractivity contribution in [3.8, 4) is 5.75 Å². The lowest BCUT2D eigenvalue weighted by atomic mass is 10.1. The van der Waals surface area contributed by atoms with Gasteiger partial charge in [0.2, 0.25) is 5.91 Å². The van der Waals surface area contributed by atoms with Crippen LogP contribution in [0.1, 0.15) is 31.4 Å². The summed E-state index contributed by atoms with van der Waals surface area (Å²) in [5.74, 6) is 0.999. The molecule has 1 heterocycles. The Labute approximate surface area is 128 Å². The first-order valence-corrected chi connectivity index (χ1v) is 7.83. The predicted octanol–water partition coefficient (Wildman–Crippen LogP) is 2.39. The van der Waals surface area contributed by atoms with Crippen LogP contribution in [0.2, 0.25) is 0 Å². The summed E-state index contributed by atoms with van der Waals surface area (Å²) in [6.45, 7) is 6.17. The summed E-state index contributed by atoms with van der Waals surface area (Å²) in [6.07, 6.45) is 1.43. The van der Waals surface area contributed by atoms with E-state index in [1.807, 2.05) is 19.9 Å². The van der Waals surface area contributed by atoms with E-state index in [-0.39, 0.29) is 11.9 Å². The molecule has 0 fully saturated rings. The third-order valence-corrected chi connectivity index (χ3v) is 3.80. The molecule has 0 aromatic heterocycles. The average molecular weight is 341 g/mol. The van der Waals surface area contributed by atoms with Crippen molar-refractivity contribution < 1.29 is 9.53 Å². The predicted molar refractivity (Wildman–Crippen MR) is 82.9 cm³/mol. The summed E-state index contributed by atoms with van der Waals surface area (Å²) in [7, 11) is 0. The summed E-state index contributed by atoms with van der Waals surface area (Å²) in [6, 6.07) is 4.29. The fraction of sp³-hybridized carbons (Fsp3) is 0.533.